The molecule has 0 spiro atoms. The summed E-state index contributed by atoms with van der Waals surface area (Å²) in [5.41, 5.74) is 9.78. The van der Waals surface area contributed by atoms with Gasteiger partial charge in [0.25, 0.3) is 0 Å². The summed E-state index contributed by atoms with van der Waals surface area (Å²) in [7, 11) is 0. The van der Waals surface area contributed by atoms with Gasteiger partial charge in [0.05, 0.1) is 5.69 Å². The fraction of sp³-hybridized carbons (Fsp3) is 0.0952. The first kappa shape index (κ1) is 16.9. The number of para-hydroxylation sites is 2. The zero-order valence-corrected chi connectivity index (χ0v) is 14.6. The second-order valence-corrected chi connectivity index (χ2v) is 6.24. The molecule has 3 aromatic carbocycles. The van der Waals surface area contributed by atoms with Crippen LogP contribution in [0.25, 0.3) is 0 Å². The molecule has 136 valence electrons. The van der Waals surface area contributed by atoms with Crippen molar-refractivity contribution in [1.29, 1.82) is 0 Å². The molecule has 2 amide bonds. The predicted octanol–water partition coefficient (Wildman–Crippen LogP) is 3.78. The molecule has 1 aliphatic rings. The van der Waals surface area contributed by atoms with Crippen molar-refractivity contribution < 1.29 is 9.63 Å². The highest BCUT2D eigenvalue weighted by Gasteiger charge is 2.29. The lowest BCUT2D eigenvalue weighted by Gasteiger charge is -2.22. The van der Waals surface area contributed by atoms with E-state index in [1.165, 1.54) is 0 Å². The largest absolute Gasteiger partial charge is 0.377 e. The lowest BCUT2D eigenvalue weighted by atomic mass is 10.1. The molecule has 4 N–H and O–H groups in total. The van der Waals surface area contributed by atoms with E-state index >= 15 is 0 Å². The molecule has 0 saturated carbocycles. The van der Waals surface area contributed by atoms with Crippen molar-refractivity contribution >= 4 is 17.4 Å². The Morgan fingerprint density at radius 2 is 1.78 bits per heavy atom. The Morgan fingerprint density at radius 3 is 2.59 bits per heavy atom. The number of fused-ring (bicyclic) bond motifs is 1. The van der Waals surface area contributed by atoms with Crippen LogP contribution in [0, 0.1) is 0 Å². The van der Waals surface area contributed by atoms with Gasteiger partial charge >= 0.3 is 6.03 Å². The lowest BCUT2D eigenvalue weighted by Crippen LogP contribution is -2.32. The van der Waals surface area contributed by atoms with Gasteiger partial charge in [0.2, 0.25) is 0 Å². The number of nitrogens with one attached hydrogen (secondary N) is 2. The average Bonchev–Trinajstić information content (AvgIpc) is 3.04. The van der Waals surface area contributed by atoms with E-state index in [1.54, 1.807) is 5.06 Å². The van der Waals surface area contributed by atoms with Crippen LogP contribution in [0.3, 0.4) is 0 Å². The molecule has 0 aromatic heterocycles. The number of hydrogen-bond donors (Lipinski definition) is 3. The molecule has 1 aliphatic heterocycles. The van der Waals surface area contributed by atoms with E-state index < -0.39 is 0 Å². The second-order valence-electron chi connectivity index (χ2n) is 6.24. The molecule has 1 atom stereocenters. The van der Waals surface area contributed by atoms with E-state index in [0.717, 1.165) is 28.3 Å². The summed E-state index contributed by atoms with van der Waals surface area (Å²) in [5.74, 6) is 0.760. The molecule has 1 unspecified atom stereocenters. The smallest absolute Gasteiger partial charge is 0.319 e. The van der Waals surface area contributed by atoms with Crippen molar-refractivity contribution in [1.82, 2.24) is 5.32 Å². The van der Waals surface area contributed by atoms with Gasteiger partial charge < -0.3 is 21.2 Å². The molecule has 6 nitrogen and oxygen atoms in total. The first-order chi connectivity index (χ1) is 13.2. The number of hydroxylamine groups is 1. The van der Waals surface area contributed by atoms with Crippen LogP contribution in [0.15, 0.2) is 78.9 Å². The molecule has 0 fully saturated rings. The fourth-order valence-corrected chi connectivity index (χ4v) is 2.99. The van der Waals surface area contributed by atoms with E-state index in [9.17, 15) is 4.79 Å². The van der Waals surface area contributed by atoms with E-state index in [0.29, 0.717) is 6.54 Å². The maximum absolute atomic E-state index is 12.1. The van der Waals surface area contributed by atoms with Crippen LogP contribution in [0.2, 0.25) is 0 Å². The van der Waals surface area contributed by atoms with Gasteiger partial charge in [-0.3, -0.25) is 0 Å². The van der Waals surface area contributed by atoms with Crippen LogP contribution in [0.5, 0.6) is 5.75 Å². The summed E-state index contributed by atoms with van der Waals surface area (Å²) in [5, 5.41) is 7.33. The Bertz CT molecular complexity index is 946. The number of benzene rings is 3. The predicted molar refractivity (Wildman–Crippen MR) is 105 cm³/mol. The van der Waals surface area contributed by atoms with Crippen molar-refractivity contribution in [2.45, 2.75) is 12.7 Å². The Balaban J connectivity index is 1.41. The molecular weight excluding hydrogens is 340 g/mol. The van der Waals surface area contributed by atoms with E-state index in [1.807, 2.05) is 78.9 Å². The van der Waals surface area contributed by atoms with Gasteiger partial charge in [0, 0.05) is 17.8 Å². The zero-order chi connectivity index (χ0) is 18.6. The Kier molecular flexibility index (Phi) is 4.63. The molecular formula is C21H20N4O2. The summed E-state index contributed by atoms with van der Waals surface area (Å²) in [6.07, 6.45) is -0.370. The van der Waals surface area contributed by atoms with Gasteiger partial charge in [-0.2, -0.15) is 5.06 Å². The van der Waals surface area contributed by atoms with Crippen LogP contribution < -0.4 is 26.3 Å². The number of nitrogens with zero attached hydrogens (tertiary/aromatic N) is 1. The van der Waals surface area contributed by atoms with Crippen LogP contribution >= 0.6 is 0 Å². The molecule has 0 bridgehead atoms. The lowest BCUT2D eigenvalue weighted by molar-refractivity contribution is 0.251. The first-order valence-corrected chi connectivity index (χ1v) is 8.71. The van der Waals surface area contributed by atoms with Crippen LogP contribution in [-0.4, -0.2) is 6.03 Å². The number of carbonyl (C=O) groups excluding carboxylic acids is 1. The average molecular weight is 360 g/mol. The van der Waals surface area contributed by atoms with Crippen LogP contribution in [-0.2, 0) is 6.54 Å². The number of urea groups is 1. The summed E-state index contributed by atoms with van der Waals surface area (Å²) >= 11 is 0. The number of amides is 2. The van der Waals surface area contributed by atoms with Gasteiger partial charge in [-0.1, -0.05) is 48.5 Å². The third kappa shape index (κ3) is 3.70. The maximum Gasteiger partial charge on any atom is 0.319 e. The third-order valence-electron chi connectivity index (χ3n) is 4.34. The van der Waals surface area contributed by atoms with Gasteiger partial charge in [-0.15, -0.1) is 0 Å². The molecule has 4 rings (SSSR count). The summed E-state index contributed by atoms with van der Waals surface area (Å²) in [6.45, 7) is 0.391. The standard InChI is InChI=1S/C21H20N4O2/c22-20-18-11-4-5-12-19(18)27-25(20)17-10-6-7-15(13-17)14-23-21(26)24-16-8-2-1-3-9-16/h1-13,20H,14,22H2,(H2,23,24,26). The molecule has 1 heterocycles. The molecule has 0 saturated heterocycles. The minimum absolute atomic E-state index is 0.256. The minimum Gasteiger partial charge on any atom is -0.377 e. The van der Waals surface area contributed by atoms with Crippen molar-refractivity contribution in [2.75, 3.05) is 10.4 Å². The second kappa shape index (κ2) is 7.39. The number of hydrogen-bond acceptors (Lipinski definition) is 4. The number of rotatable bonds is 4. The topological polar surface area (TPSA) is 79.6 Å². The normalized spacial score (nSPS) is 15.0. The van der Waals surface area contributed by atoms with Crippen LogP contribution in [0.1, 0.15) is 17.3 Å². The highest BCUT2D eigenvalue weighted by Crippen LogP contribution is 2.37. The van der Waals surface area contributed by atoms with Crippen molar-refractivity contribution in [2.24, 2.45) is 5.73 Å². The summed E-state index contributed by atoms with van der Waals surface area (Å²) < 4.78 is 0. The van der Waals surface area contributed by atoms with Crippen LogP contribution in [0.4, 0.5) is 16.2 Å². The fourth-order valence-electron chi connectivity index (χ4n) is 2.99. The number of carbonyl (C=O) groups is 1. The molecule has 6 heteroatoms. The molecule has 3 aromatic rings. The summed E-state index contributed by atoms with van der Waals surface area (Å²) in [6, 6.07) is 24.5. The highest BCUT2D eigenvalue weighted by molar-refractivity contribution is 5.89. The van der Waals surface area contributed by atoms with Gasteiger partial charge in [-0.25, -0.2) is 4.79 Å². The molecule has 0 aliphatic carbocycles. The number of anilines is 2. The Labute approximate surface area is 157 Å². The SMILES string of the molecule is NC1c2ccccc2ON1c1cccc(CNC(=O)Nc2ccccc2)c1. The van der Waals surface area contributed by atoms with Gasteiger partial charge in [-0.05, 0) is 35.9 Å². The highest BCUT2D eigenvalue weighted by atomic mass is 16.7. The molecule has 0 radical (unpaired) electrons. The first-order valence-electron chi connectivity index (χ1n) is 8.71. The van der Waals surface area contributed by atoms with Crippen molar-refractivity contribution in [3.8, 4) is 5.75 Å². The van der Waals surface area contributed by atoms with Gasteiger partial charge in [0.15, 0.2) is 5.75 Å². The Hall–Kier alpha value is -3.51. The monoisotopic (exact) mass is 360 g/mol. The zero-order valence-electron chi connectivity index (χ0n) is 14.6. The van der Waals surface area contributed by atoms with E-state index in [4.69, 9.17) is 10.6 Å². The maximum atomic E-state index is 12.1. The summed E-state index contributed by atoms with van der Waals surface area (Å²) in [4.78, 5) is 17.9. The van der Waals surface area contributed by atoms with Crippen molar-refractivity contribution in [3.63, 3.8) is 0 Å². The van der Waals surface area contributed by atoms with Gasteiger partial charge in [0.1, 0.15) is 6.17 Å². The Morgan fingerprint density at radius 1 is 1.00 bits per heavy atom. The van der Waals surface area contributed by atoms with Crippen molar-refractivity contribution in [3.05, 3.63) is 90.0 Å². The van der Waals surface area contributed by atoms with E-state index in [2.05, 4.69) is 10.6 Å². The van der Waals surface area contributed by atoms with E-state index in [-0.39, 0.29) is 12.2 Å². The third-order valence-corrected chi connectivity index (χ3v) is 4.34. The molecule has 27 heavy (non-hydrogen) atoms. The quantitative estimate of drug-likeness (QED) is 0.661. The minimum atomic E-state index is -0.370. The number of nitrogens with two attached hydrogens (primary N) is 1.